The second-order valence-corrected chi connectivity index (χ2v) is 10.6. The fraction of sp³-hybridized carbons (Fsp3) is 0.273. The highest BCUT2D eigenvalue weighted by Gasteiger charge is 2.30. The Bertz CT molecular complexity index is 1280. The van der Waals surface area contributed by atoms with Crippen molar-refractivity contribution in [1.82, 2.24) is 9.29 Å². The fourth-order valence-electron chi connectivity index (χ4n) is 3.82. The summed E-state index contributed by atoms with van der Waals surface area (Å²) in [5.74, 6) is -0.428. The summed E-state index contributed by atoms with van der Waals surface area (Å²) in [7, 11) is -2.01. The van der Waals surface area contributed by atoms with Gasteiger partial charge in [-0.25, -0.2) is 13.4 Å². The number of non-ortho nitro benzene ring substituents is 1. The zero-order valence-corrected chi connectivity index (χ0v) is 19.4. The van der Waals surface area contributed by atoms with E-state index in [1.165, 1.54) is 52.0 Å². The van der Waals surface area contributed by atoms with Gasteiger partial charge in [0.25, 0.3) is 11.6 Å². The number of aromatic nitrogens is 1. The van der Waals surface area contributed by atoms with Crippen LogP contribution in [0.1, 0.15) is 36.0 Å². The molecule has 3 aromatic rings. The van der Waals surface area contributed by atoms with Crippen LogP contribution >= 0.6 is 11.3 Å². The molecule has 1 heterocycles. The molecule has 9 nitrogen and oxygen atoms in total. The molecular weight excluding hydrogens is 464 g/mol. The zero-order chi connectivity index (χ0) is 23.6. The second kappa shape index (κ2) is 9.38. The van der Waals surface area contributed by atoms with Crippen molar-refractivity contribution in [3.05, 3.63) is 69.6 Å². The summed E-state index contributed by atoms with van der Waals surface area (Å²) in [6, 6.07) is 11.9. The minimum Gasteiger partial charge on any atom is -0.298 e. The van der Waals surface area contributed by atoms with Crippen molar-refractivity contribution in [2.45, 2.75) is 36.6 Å². The number of anilines is 1. The third kappa shape index (κ3) is 4.95. The Kier molecular flexibility index (Phi) is 6.54. The Balaban J connectivity index is 1.45. The molecular formula is C22H22N4O5S2. The zero-order valence-electron chi connectivity index (χ0n) is 17.8. The molecule has 0 saturated heterocycles. The molecule has 1 saturated carbocycles. The molecule has 0 spiro atoms. The third-order valence-corrected chi connectivity index (χ3v) is 8.39. The van der Waals surface area contributed by atoms with Gasteiger partial charge >= 0.3 is 0 Å². The first kappa shape index (κ1) is 23.0. The van der Waals surface area contributed by atoms with Gasteiger partial charge in [-0.15, -0.1) is 11.3 Å². The number of carbonyl (C=O) groups is 1. The topological polar surface area (TPSA) is 123 Å². The van der Waals surface area contributed by atoms with Crippen LogP contribution in [0.3, 0.4) is 0 Å². The SMILES string of the molecule is CN(C1CCCC1)S(=O)(=O)c1ccc(C(=O)Nc2nc(-c3cccc([N+](=O)[O-])c3)cs2)cc1. The molecule has 0 aliphatic heterocycles. The number of nitro benzene ring substituents is 1. The Morgan fingerprint density at radius 1 is 1.18 bits per heavy atom. The number of carbonyl (C=O) groups excluding carboxylic acids is 1. The highest BCUT2D eigenvalue weighted by Crippen LogP contribution is 2.29. The van der Waals surface area contributed by atoms with E-state index >= 15 is 0 Å². The maximum absolute atomic E-state index is 12.9. The van der Waals surface area contributed by atoms with E-state index < -0.39 is 20.9 Å². The Hall–Kier alpha value is -3.15. The summed E-state index contributed by atoms with van der Waals surface area (Å²) in [4.78, 5) is 27.6. The monoisotopic (exact) mass is 486 g/mol. The normalized spacial score (nSPS) is 14.5. The van der Waals surface area contributed by atoms with Gasteiger partial charge in [0.2, 0.25) is 10.0 Å². The van der Waals surface area contributed by atoms with Crippen molar-refractivity contribution in [1.29, 1.82) is 0 Å². The number of hydrogen-bond acceptors (Lipinski definition) is 7. The summed E-state index contributed by atoms with van der Waals surface area (Å²) in [5, 5.41) is 15.7. The predicted molar refractivity (Wildman–Crippen MR) is 126 cm³/mol. The molecule has 1 aliphatic carbocycles. The predicted octanol–water partition coefficient (Wildman–Crippen LogP) is 4.53. The van der Waals surface area contributed by atoms with Gasteiger partial charge in [0.15, 0.2) is 5.13 Å². The van der Waals surface area contributed by atoms with E-state index in [-0.39, 0.29) is 16.6 Å². The molecule has 0 atom stereocenters. The van der Waals surface area contributed by atoms with E-state index in [1.54, 1.807) is 24.6 Å². The minimum atomic E-state index is -3.62. The van der Waals surface area contributed by atoms with Crippen LogP contribution in [0.25, 0.3) is 11.3 Å². The van der Waals surface area contributed by atoms with Crippen LogP contribution < -0.4 is 5.32 Å². The van der Waals surface area contributed by atoms with Gasteiger partial charge in [-0.1, -0.05) is 25.0 Å². The average molecular weight is 487 g/mol. The van der Waals surface area contributed by atoms with Crippen LogP contribution in [0.2, 0.25) is 0 Å². The highest BCUT2D eigenvalue weighted by atomic mass is 32.2. The second-order valence-electron chi connectivity index (χ2n) is 7.78. The van der Waals surface area contributed by atoms with Crippen LogP contribution in [-0.2, 0) is 10.0 Å². The maximum atomic E-state index is 12.9. The fourth-order valence-corrected chi connectivity index (χ4v) is 5.95. The molecule has 1 N–H and O–H groups in total. The van der Waals surface area contributed by atoms with Crippen LogP contribution in [0.4, 0.5) is 10.8 Å². The molecule has 172 valence electrons. The number of benzene rings is 2. The number of rotatable bonds is 7. The average Bonchev–Trinajstić information content (AvgIpc) is 3.51. The molecule has 33 heavy (non-hydrogen) atoms. The van der Waals surface area contributed by atoms with E-state index in [4.69, 9.17) is 0 Å². The summed E-state index contributed by atoms with van der Waals surface area (Å²) in [6.45, 7) is 0. The van der Waals surface area contributed by atoms with Gasteiger partial charge in [0.1, 0.15) is 0 Å². The first-order chi connectivity index (χ1) is 15.8. The van der Waals surface area contributed by atoms with E-state index in [9.17, 15) is 23.3 Å². The molecule has 4 rings (SSSR count). The van der Waals surface area contributed by atoms with Crippen molar-refractivity contribution in [2.75, 3.05) is 12.4 Å². The summed E-state index contributed by atoms with van der Waals surface area (Å²) in [5.41, 5.74) is 1.33. The largest absolute Gasteiger partial charge is 0.298 e. The molecule has 1 amide bonds. The summed E-state index contributed by atoms with van der Waals surface area (Å²) in [6.07, 6.45) is 3.79. The van der Waals surface area contributed by atoms with Crippen molar-refractivity contribution in [3.63, 3.8) is 0 Å². The van der Waals surface area contributed by atoms with E-state index in [1.807, 2.05) is 0 Å². The molecule has 1 aliphatic rings. The Morgan fingerprint density at radius 3 is 2.55 bits per heavy atom. The minimum absolute atomic E-state index is 0.0168. The van der Waals surface area contributed by atoms with Crippen LogP contribution in [0.15, 0.2) is 58.8 Å². The van der Waals surface area contributed by atoms with Gasteiger partial charge in [-0.3, -0.25) is 20.2 Å². The quantitative estimate of drug-likeness (QED) is 0.387. The lowest BCUT2D eigenvalue weighted by molar-refractivity contribution is -0.384. The summed E-state index contributed by atoms with van der Waals surface area (Å²) < 4.78 is 27.2. The number of sulfonamides is 1. The molecule has 1 aromatic heterocycles. The highest BCUT2D eigenvalue weighted by molar-refractivity contribution is 7.89. The molecule has 11 heteroatoms. The van der Waals surface area contributed by atoms with Gasteiger partial charge in [-0.05, 0) is 37.1 Å². The van der Waals surface area contributed by atoms with Crippen molar-refractivity contribution in [3.8, 4) is 11.3 Å². The molecule has 0 radical (unpaired) electrons. The van der Waals surface area contributed by atoms with Crippen LogP contribution in [-0.4, -0.2) is 41.6 Å². The van der Waals surface area contributed by atoms with Gasteiger partial charge < -0.3 is 0 Å². The molecule has 0 bridgehead atoms. The molecule has 1 fully saturated rings. The number of amides is 1. The summed E-state index contributed by atoms with van der Waals surface area (Å²) >= 11 is 1.19. The lowest BCUT2D eigenvalue weighted by Gasteiger charge is -2.23. The number of nitrogens with one attached hydrogen (secondary N) is 1. The maximum Gasteiger partial charge on any atom is 0.270 e. The molecule has 0 unspecified atom stereocenters. The molecule has 2 aromatic carbocycles. The van der Waals surface area contributed by atoms with Crippen LogP contribution in [0.5, 0.6) is 0 Å². The lowest BCUT2D eigenvalue weighted by Crippen LogP contribution is -2.35. The van der Waals surface area contributed by atoms with Gasteiger partial charge in [0.05, 0.1) is 15.5 Å². The Morgan fingerprint density at radius 2 is 1.88 bits per heavy atom. The van der Waals surface area contributed by atoms with E-state index in [0.717, 1.165) is 25.7 Å². The van der Waals surface area contributed by atoms with Gasteiger partial charge in [-0.2, -0.15) is 4.31 Å². The van der Waals surface area contributed by atoms with Crippen molar-refractivity contribution in [2.24, 2.45) is 0 Å². The number of nitro groups is 1. The third-order valence-electron chi connectivity index (χ3n) is 5.71. The van der Waals surface area contributed by atoms with E-state index in [0.29, 0.717) is 22.0 Å². The standard InChI is InChI=1S/C22H22N4O5S2/c1-25(17-6-2-3-7-17)33(30,31)19-11-9-15(10-12-19)21(27)24-22-23-20(14-32-22)16-5-4-8-18(13-16)26(28)29/h4-5,8-14,17H,2-3,6-7H2,1H3,(H,23,24,27). The smallest absolute Gasteiger partial charge is 0.270 e. The number of hydrogen-bond donors (Lipinski definition) is 1. The first-order valence-electron chi connectivity index (χ1n) is 10.4. The first-order valence-corrected chi connectivity index (χ1v) is 12.7. The van der Waals surface area contributed by atoms with Crippen molar-refractivity contribution >= 4 is 38.1 Å². The Labute approximate surface area is 195 Å². The van der Waals surface area contributed by atoms with Gasteiger partial charge in [0, 0.05) is 41.7 Å². The number of nitrogens with zero attached hydrogens (tertiary/aromatic N) is 3. The van der Waals surface area contributed by atoms with Crippen LogP contribution in [0, 0.1) is 10.1 Å². The van der Waals surface area contributed by atoms with Crippen molar-refractivity contribution < 1.29 is 18.1 Å². The van der Waals surface area contributed by atoms with E-state index in [2.05, 4.69) is 10.3 Å². The lowest BCUT2D eigenvalue weighted by atomic mass is 10.1. The number of thiazole rings is 1.